The van der Waals surface area contributed by atoms with Gasteiger partial charge in [-0.15, -0.1) is 0 Å². The fourth-order valence-electron chi connectivity index (χ4n) is 2.61. The molecule has 0 heterocycles. The van der Waals surface area contributed by atoms with Crippen molar-refractivity contribution in [2.24, 2.45) is 10.8 Å². The third-order valence-electron chi connectivity index (χ3n) is 4.04. The maximum Gasteiger partial charge on any atom is 0.132 e. The van der Waals surface area contributed by atoms with E-state index in [1.54, 1.807) is 0 Å². The Kier molecular flexibility index (Phi) is 1.95. The Balaban J connectivity index is 2.35. The molecule has 0 aromatic carbocycles. The van der Waals surface area contributed by atoms with Crippen molar-refractivity contribution in [3.63, 3.8) is 0 Å². The van der Waals surface area contributed by atoms with Crippen LogP contribution in [-0.2, 0) is 4.79 Å². The third kappa shape index (κ3) is 1.26. The molecule has 2 atom stereocenters. The Morgan fingerprint density at radius 1 is 1.14 bits per heavy atom. The van der Waals surface area contributed by atoms with Crippen LogP contribution in [0.2, 0.25) is 0 Å². The maximum atomic E-state index is 11.5. The van der Waals surface area contributed by atoms with E-state index in [-0.39, 0.29) is 10.8 Å². The SMILES string of the molecule is C=C1[C@@]2(C)C=C[C@]1(C)CCC(=O)CC2. The predicted molar refractivity (Wildman–Crippen MR) is 58.0 cm³/mol. The number of Topliss-reactive ketones (excluding diaryl/α,β-unsaturated/α-hetero) is 1. The third-order valence-corrected chi connectivity index (χ3v) is 4.04. The van der Waals surface area contributed by atoms with Crippen LogP contribution in [0.4, 0.5) is 0 Å². The van der Waals surface area contributed by atoms with Crippen LogP contribution in [0.1, 0.15) is 39.5 Å². The molecule has 1 heteroatoms. The Labute approximate surface area is 85.9 Å². The quantitative estimate of drug-likeness (QED) is 0.536. The Hall–Kier alpha value is -0.850. The first kappa shape index (κ1) is 9.70. The highest BCUT2D eigenvalue weighted by Gasteiger charge is 2.42. The molecule has 0 radical (unpaired) electrons. The van der Waals surface area contributed by atoms with Crippen molar-refractivity contribution in [2.45, 2.75) is 39.5 Å². The van der Waals surface area contributed by atoms with Gasteiger partial charge in [0.1, 0.15) is 5.78 Å². The molecular weight excluding hydrogens is 172 g/mol. The molecule has 0 unspecified atom stereocenters. The average Bonchev–Trinajstić information content (AvgIpc) is 2.41. The standard InChI is InChI=1S/C13H18O/c1-10-12(2)6-4-11(14)5-7-13(10,3)9-8-12/h8-9H,1,4-7H2,2-3H3/t12-,13+. The smallest absolute Gasteiger partial charge is 0.132 e. The van der Waals surface area contributed by atoms with E-state index in [2.05, 4.69) is 32.6 Å². The van der Waals surface area contributed by atoms with Gasteiger partial charge in [-0.1, -0.05) is 38.2 Å². The summed E-state index contributed by atoms with van der Waals surface area (Å²) in [5.41, 5.74) is 1.45. The lowest BCUT2D eigenvalue weighted by atomic mass is 9.69. The summed E-state index contributed by atoms with van der Waals surface area (Å²) in [6.07, 6.45) is 7.83. The summed E-state index contributed by atoms with van der Waals surface area (Å²) in [5, 5.41) is 0. The Morgan fingerprint density at radius 3 is 2.00 bits per heavy atom. The topological polar surface area (TPSA) is 17.1 Å². The van der Waals surface area contributed by atoms with E-state index < -0.39 is 0 Å². The van der Waals surface area contributed by atoms with E-state index >= 15 is 0 Å². The minimum Gasteiger partial charge on any atom is -0.300 e. The summed E-state index contributed by atoms with van der Waals surface area (Å²) >= 11 is 0. The molecule has 0 aromatic rings. The largest absolute Gasteiger partial charge is 0.300 e. The monoisotopic (exact) mass is 190 g/mol. The number of hydrogen-bond donors (Lipinski definition) is 0. The number of fused-ring (bicyclic) bond motifs is 2. The van der Waals surface area contributed by atoms with Gasteiger partial charge in [0.05, 0.1) is 0 Å². The van der Waals surface area contributed by atoms with Crippen molar-refractivity contribution in [1.29, 1.82) is 0 Å². The first-order chi connectivity index (χ1) is 6.46. The Bertz CT molecular complexity index is 298. The number of hydrogen-bond acceptors (Lipinski definition) is 1. The van der Waals surface area contributed by atoms with Crippen molar-refractivity contribution in [2.75, 3.05) is 0 Å². The van der Waals surface area contributed by atoms with Crippen LogP contribution in [0.5, 0.6) is 0 Å². The minimum absolute atomic E-state index is 0.0742. The van der Waals surface area contributed by atoms with E-state index in [0.717, 1.165) is 25.7 Å². The van der Waals surface area contributed by atoms with E-state index in [4.69, 9.17) is 0 Å². The molecule has 0 aromatic heterocycles. The minimum atomic E-state index is 0.0742. The van der Waals surface area contributed by atoms with Crippen LogP contribution < -0.4 is 0 Å². The van der Waals surface area contributed by atoms with Crippen LogP contribution in [0, 0.1) is 10.8 Å². The molecule has 0 saturated heterocycles. The van der Waals surface area contributed by atoms with Crippen LogP contribution in [0.3, 0.4) is 0 Å². The second-order valence-electron chi connectivity index (χ2n) is 5.19. The lowest BCUT2D eigenvalue weighted by Crippen LogP contribution is -2.26. The average molecular weight is 190 g/mol. The van der Waals surface area contributed by atoms with Gasteiger partial charge in [0.2, 0.25) is 0 Å². The number of carbonyl (C=O) groups is 1. The van der Waals surface area contributed by atoms with Gasteiger partial charge < -0.3 is 0 Å². The molecule has 0 amide bonds. The van der Waals surface area contributed by atoms with Crippen LogP contribution in [0.15, 0.2) is 24.3 Å². The lowest BCUT2D eigenvalue weighted by molar-refractivity contribution is -0.120. The maximum absolute atomic E-state index is 11.5. The number of carbonyl (C=O) groups excluding carboxylic acids is 1. The molecule has 1 fully saturated rings. The second-order valence-corrected chi connectivity index (χ2v) is 5.19. The number of ketones is 1. The summed E-state index contributed by atoms with van der Waals surface area (Å²) in [6.45, 7) is 8.64. The van der Waals surface area contributed by atoms with E-state index in [1.807, 2.05) is 0 Å². The molecule has 2 rings (SSSR count). The van der Waals surface area contributed by atoms with Crippen molar-refractivity contribution in [3.8, 4) is 0 Å². The molecule has 0 aliphatic heterocycles. The molecule has 1 nitrogen and oxygen atoms in total. The van der Waals surface area contributed by atoms with Crippen LogP contribution in [0.25, 0.3) is 0 Å². The molecular formula is C13H18O. The predicted octanol–water partition coefficient (Wildman–Crippen LogP) is 3.27. The molecule has 0 spiro atoms. The Morgan fingerprint density at radius 2 is 1.57 bits per heavy atom. The van der Waals surface area contributed by atoms with Crippen molar-refractivity contribution < 1.29 is 4.79 Å². The van der Waals surface area contributed by atoms with Gasteiger partial charge in [0.25, 0.3) is 0 Å². The number of allylic oxidation sites excluding steroid dienone is 3. The van der Waals surface area contributed by atoms with Gasteiger partial charge in [-0.2, -0.15) is 0 Å². The fourth-order valence-corrected chi connectivity index (χ4v) is 2.61. The molecule has 2 aliphatic carbocycles. The van der Waals surface area contributed by atoms with Gasteiger partial charge >= 0.3 is 0 Å². The summed E-state index contributed by atoms with van der Waals surface area (Å²) < 4.78 is 0. The molecule has 76 valence electrons. The molecule has 0 N–H and O–H groups in total. The summed E-state index contributed by atoms with van der Waals surface area (Å²) in [7, 11) is 0. The van der Waals surface area contributed by atoms with Gasteiger partial charge in [0, 0.05) is 23.7 Å². The second kappa shape index (κ2) is 2.82. The van der Waals surface area contributed by atoms with Gasteiger partial charge in [0.15, 0.2) is 0 Å². The van der Waals surface area contributed by atoms with E-state index in [9.17, 15) is 4.79 Å². The highest BCUT2D eigenvalue weighted by atomic mass is 16.1. The van der Waals surface area contributed by atoms with Crippen molar-refractivity contribution >= 4 is 5.78 Å². The van der Waals surface area contributed by atoms with E-state index in [1.165, 1.54) is 5.57 Å². The highest BCUT2D eigenvalue weighted by Crippen LogP contribution is 2.53. The van der Waals surface area contributed by atoms with E-state index in [0.29, 0.717) is 5.78 Å². The van der Waals surface area contributed by atoms with Crippen molar-refractivity contribution in [3.05, 3.63) is 24.3 Å². The van der Waals surface area contributed by atoms with Gasteiger partial charge in [-0.3, -0.25) is 4.79 Å². The van der Waals surface area contributed by atoms with Crippen molar-refractivity contribution in [1.82, 2.24) is 0 Å². The van der Waals surface area contributed by atoms with Crippen LogP contribution >= 0.6 is 0 Å². The summed E-state index contributed by atoms with van der Waals surface area (Å²) in [4.78, 5) is 11.5. The number of rotatable bonds is 0. The molecule has 1 saturated carbocycles. The normalized spacial score (nSPS) is 42.4. The molecule has 2 bridgehead atoms. The zero-order valence-electron chi connectivity index (χ0n) is 9.10. The zero-order chi connectivity index (χ0) is 10.4. The summed E-state index contributed by atoms with van der Waals surface area (Å²) in [5.74, 6) is 0.415. The first-order valence-electron chi connectivity index (χ1n) is 5.38. The zero-order valence-corrected chi connectivity index (χ0v) is 9.10. The van der Waals surface area contributed by atoms with Crippen LogP contribution in [-0.4, -0.2) is 5.78 Å². The summed E-state index contributed by atoms with van der Waals surface area (Å²) in [6, 6.07) is 0. The fraction of sp³-hybridized carbons (Fsp3) is 0.615. The lowest BCUT2D eigenvalue weighted by Gasteiger charge is -2.35. The highest BCUT2D eigenvalue weighted by molar-refractivity contribution is 5.79. The van der Waals surface area contributed by atoms with Gasteiger partial charge in [-0.25, -0.2) is 0 Å². The first-order valence-corrected chi connectivity index (χ1v) is 5.38. The van der Waals surface area contributed by atoms with Gasteiger partial charge in [-0.05, 0) is 12.8 Å². The molecule has 14 heavy (non-hydrogen) atoms. The molecule has 2 aliphatic rings.